The maximum atomic E-state index is 12.7. The molecule has 0 saturated carbocycles. The first-order valence-corrected chi connectivity index (χ1v) is 25.9. The van der Waals surface area contributed by atoms with Gasteiger partial charge in [-0.2, -0.15) is 0 Å². The van der Waals surface area contributed by atoms with Crippen molar-refractivity contribution in [2.45, 2.75) is 297 Å². The fourth-order valence-electron chi connectivity index (χ4n) is 7.86. The lowest BCUT2D eigenvalue weighted by Crippen LogP contribution is -2.30. The van der Waals surface area contributed by atoms with Gasteiger partial charge >= 0.3 is 17.9 Å². The van der Waals surface area contributed by atoms with Crippen LogP contribution in [0.1, 0.15) is 291 Å². The summed E-state index contributed by atoms with van der Waals surface area (Å²) >= 11 is 0. The molecular formula is C52H100O6. The van der Waals surface area contributed by atoms with E-state index in [1.165, 1.54) is 186 Å². The Kier molecular flexibility index (Phi) is 45.2. The average molecular weight is 821 g/mol. The number of unbranched alkanes of at least 4 members (excludes halogenated alkanes) is 34. The first-order chi connectivity index (χ1) is 28.4. The number of carbonyl (C=O) groups excluding carboxylic acids is 3. The van der Waals surface area contributed by atoms with Crippen molar-refractivity contribution in [2.75, 3.05) is 13.2 Å². The van der Waals surface area contributed by atoms with E-state index in [2.05, 4.69) is 27.7 Å². The Morgan fingerprint density at radius 2 is 0.569 bits per heavy atom. The van der Waals surface area contributed by atoms with Crippen LogP contribution in [0.15, 0.2) is 0 Å². The number of hydrogen-bond donors (Lipinski definition) is 0. The molecule has 0 N–H and O–H groups in total. The third-order valence-electron chi connectivity index (χ3n) is 11.8. The first kappa shape index (κ1) is 56.4. The van der Waals surface area contributed by atoms with Crippen molar-refractivity contribution >= 4 is 17.9 Å². The molecule has 0 rings (SSSR count). The van der Waals surface area contributed by atoms with E-state index < -0.39 is 6.10 Å². The largest absolute Gasteiger partial charge is 0.462 e. The Labute approximate surface area is 361 Å². The smallest absolute Gasteiger partial charge is 0.306 e. The molecule has 0 aromatic carbocycles. The van der Waals surface area contributed by atoms with Crippen LogP contribution in [0.5, 0.6) is 0 Å². The van der Waals surface area contributed by atoms with E-state index in [0.717, 1.165) is 63.7 Å². The molecule has 0 saturated heterocycles. The molecule has 0 unspecified atom stereocenters. The molecule has 0 aliphatic rings. The van der Waals surface area contributed by atoms with Crippen molar-refractivity contribution in [1.29, 1.82) is 0 Å². The third-order valence-corrected chi connectivity index (χ3v) is 11.8. The summed E-state index contributed by atoms with van der Waals surface area (Å²) in [6.45, 7) is 8.99. The minimum absolute atomic E-state index is 0.0631. The molecule has 0 aliphatic carbocycles. The van der Waals surface area contributed by atoms with Gasteiger partial charge in [-0.15, -0.1) is 0 Å². The van der Waals surface area contributed by atoms with E-state index in [1.807, 2.05) is 0 Å². The monoisotopic (exact) mass is 821 g/mol. The predicted octanol–water partition coefficient (Wildman–Crippen LogP) is 16.7. The third kappa shape index (κ3) is 45.5. The van der Waals surface area contributed by atoms with Crippen molar-refractivity contribution in [3.8, 4) is 0 Å². The summed E-state index contributed by atoms with van der Waals surface area (Å²) in [7, 11) is 0. The van der Waals surface area contributed by atoms with Crippen LogP contribution in [0.25, 0.3) is 0 Å². The van der Waals surface area contributed by atoms with Crippen LogP contribution >= 0.6 is 0 Å². The van der Waals surface area contributed by atoms with E-state index in [0.29, 0.717) is 19.3 Å². The fraction of sp³-hybridized carbons (Fsp3) is 0.942. The van der Waals surface area contributed by atoms with Gasteiger partial charge in [0, 0.05) is 19.3 Å². The molecule has 0 amide bonds. The molecule has 344 valence electrons. The van der Waals surface area contributed by atoms with Crippen LogP contribution in [0, 0.1) is 5.92 Å². The molecular weight excluding hydrogens is 721 g/mol. The van der Waals surface area contributed by atoms with Gasteiger partial charge in [0.2, 0.25) is 0 Å². The number of ether oxygens (including phenoxy) is 3. The zero-order valence-corrected chi connectivity index (χ0v) is 39.5. The zero-order chi connectivity index (χ0) is 42.4. The van der Waals surface area contributed by atoms with E-state index in [-0.39, 0.29) is 31.1 Å². The van der Waals surface area contributed by atoms with Crippen molar-refractivity contribution in [1.82, 2.24) is 0 Å². The molecule has 0 heterocycles. The van der Waals surface area contributed by atoms with Crippen LogP contribution < -0.4 is 0 Å². The van der Waals surface area contributed by atoms with Crippen molar-refractivity contribution in [3.63, 3.8) is 0 Å². The molecule has 0 aromatic rings. The molecule has 0 bridgehead atoms. The van der Waals surface area contributed by atoms with E-state index >= 15 is 0 Å². The lowest BCUT2D eigenvalue weighted by molar-refractivity contribution is -0.167. The van der Waals surface area contributed by atoms with Gasteiger partial charge in [-0.1, -0.05) is 252 Å². The molecule has 1 atom stereocenters. The fourth-order valence-corrected chi connectivity index (χ4v) is 7.86. The van der Waals surface area contributed by atoms with Crippen molar-refractivity contribution in [2.24, 2.45) is 5.92 Å². The normalized spacial score (nSPS) is 11.9. The van der Waals surface area contributed by atoms with Gasteiger partial charge in [-0.05, 0) is 25.2 Å². The van der Waals surface area contributed by atoms with Gasteiger partial charge in [0.1, 0.15) is 13.2 Å². The lowest BCUT2D eigenvalue weighted by Gasteiger charge is -2.18. The summed E-state index contributed by atoms with van der Waals surface area (Å²) in [4.78, 5) is 37.9. The second-order valence-corrected chi connectivity index (χ2v) is 18.3. The Morgan fingerprint density at radius 3 is 0.845 bits per heavy atom. The Balaban J connectivity index is 4.23. The van der Waals surface area contributed by atoms with E-state index in [4.69, 9.17) is 14.2 Å². The number of carbonyl (C=O) groups is 3. The molecule has 0 aromatic heterocycles. The second kappa shape index (κ2) is 46.5. The zero-order valence-electron chi connectivity index (χ0n) is 39.5. The Hall–Kier alpha value is -1.59. The van der Waals surface area contributed by atoms with Gasteiger partial charge in [0.05, 0.1) is 0 Å². The number of esters is 3. The molecule has 0 aliphatic heterocycles. The highest BCUT2D eigenvalue weighted by atomic mass is 16.6. The Bertz CT molecular complexity index is 872. The SMILES string of the molecule is CCCCCCCCCCCCCCCCCCCCC(=O)OC[C@H](COC(=O)CCCCCCCCCCCC(C)C)OC(=O)CCCCCCCCCCCC. The quantitative estimate of drug-likeness (QED) is 0.0346. The van der Waals surface area contributed by atoms with Crippen LogP contribution in [-0.2, 0) is 28.6 Å². The molecule has 0 spiro atoms. The maximum absolute atomic E-state index is 12.7. The highest BCUT2D eigenvalue weighted by Gasteiger charge is 2.19. The minimum Gasteiger partial charge on any atom is -0.462 e. The van der Waals surface area contributed by atoms with Crippen molar-refractivity contribution in [3.05, 3.63) is 0 Å². The topological polar surface area (TPSA) is 78.9 Å². The lowest BCUT2D eigenvalue weighted by atomic mass is 10.0. The van der Waals surface area contributed by atoms with Gasteiger partial charge in [-0.25, -0.2) is 0 Å². The Morgan fingerprint density at radius 1 is 0.328 bits per heavy atom. The molecule has 6 heteroatoms. The number of hydrogen-bond acceptors (Lipinski definition) is 6. The van der Waals surface area contributed by atoms with Gasteiger partial charge in [0.25, 0.3) is 0 Å². The molecule has 58 heavy (non-hydrogen) atoms. The van der Waals surface area contributed by atoms with Crippen LogP contribution in [0.3, 0.4) is 0 Å². The van der Waals surface area contributed by atoms with Gasteiger partial charge in [0.15, 0.2) is 6.10 Å². The summed E-state index contributed by atoms with van der Waals surface area (Å²) in [6, 6.07) is 0. The highest BCUT2D eigenvalue weighted by molar-refractivity contribution is 5.71. The van der Waals surface area contributed by atoms with Crippen LogP contribution in [0.2, 0.25) is 0 Å². The standard InChI is InChI=1S/C52H100O6/c1-5-7-9-11-13-15-17-18-19-20-21-22-23-24-28-31-35-39-43-50(53)56-46-49(58-52(55)45-41-37-33-27-16-14-12-10-8-6-2)47-57-51(54)44-40-36-32-29-25-26-30-34-38-42-48(3)4/h48-49H,5-47H2,1-4H3/t49-/m1/s1. The van der Waals surface area contributed by atoms with Crippen LogP contribution in [0.4, 0.5) is 0 Å². The summed E-state index contributed by atoms with van der Waals surface area (Å²) in [5.74, 6) is -0.0392. The maximum Gasteiger partial charge on any atom is 0.306 e. The number of rotatable bonds is 47. The van der Waals surface area contributed by atoms with E-state index in [1.54, 1.807) is 0 Å². The predicted molar refractivity (Wildman–Crippen MR) is 247 cm³/mol. The summed E-state index contributed by atoms with van der Waals surface area (Å²) in [5.41, 5.74) is 0. The molecule has 0 radical (unpaired) electrons. The molecule has 0 fully saturated rings. The first-order valence-electron chi connectivity index (χ1n) is 25.9. The minimum atomic E-state index is -0.760. The average Bonchev–Trinajstić information content (AvgIpc) is 3.21. The van der Waals surface area contributed by atoms with Gasteiger partial charge < -0.3 is 14.2 Å². The summed E-state index contributed by atoms with van der Waals surface area (Å²) < 4.78 is 16.8. The van der Waals surface area contributed by atoms with Crippen LogP contribution in [-0.4, -0.2) is 37.2 Å². The summed E-state index contributed by atoms with van der Waals surface area (Å²) in [5, 5.41) is 0. The van der Waals surface area contributed by atoms with Crippen molar-refractivity contribution < 1.29 is 28.6 Å². The van der Waals surface area contributed by atoms with Gasteiger partial charge in [-0.3, -0.25) is 14.4 Å². The van der Waals surface area contributed by atoms with E-state index in [9.17, 15) is 14.4 Å². The summed E-state index contributed by atoms with van der Waals surface area (Å²) in [6.07, 6.45) is 48.1. The second-order valence-electron chi connectivity index (χ2n) is 18.3. The highest BCUT2D eigenvalue weighted by Crippen LogP contribution is 2.17. The molecule has 6 nitrogen and oxygen atoms in total.